The zero-order valence-corrected chi connectivity index (χ0v) is 14.3. The molecule has 0 unspecified atom stereocenters. The second-order valence-corrected chi connectivity index (χ2v) is 7.53. The fourth-order valence-corrected chi connectivity index (χ4v) is 4.35. The molecule has 0 atom stereocenters. The first-order valence-corrected chi connectivity index (χ1v) is 9.40. The Morgan fingerprint density at radius 1 is 1.42 bits per heavy atom. The average Bonchev–Trinajstić information content (AvgIpc) is 3.18. The number of nitriles is 1. The van der Waals surface area contributed by atoms with Crippen LogP contribution in [-0.2, 0) is 0 Å². The van der Waals surface area contributed by atoms with Crippen LogP contribution < -0.4 is 0 Å². The van der Waals surface area contributed by atoms with Crippen molar-refractivity contribution in [3.63, 3.8) is 0 Å². The molecule has 3 aromatic rings. The molecule has 1 fully saturated rings. The van der Waals surface area contributed by atoms with Gasteiger partial charge < -0.3 is 9.67 Å². The first-order chi connectivity index (χ1) is 11.8. The van der Waals surface area contributed by atoms with Crippen molar-refractivity contribution in [1.29, 1.82) is 5.26 Å². The van der Waals surface area contributed by atoms with Crippen LogP contribution in [0, 0.1) is 11.3 Å². The van der Waals surface area contributed by atoms with E-state index >= 15 is 0 Å². The summed E-state index contributed by atoms with van der Waals surface area (Å²) in [6.45, 7) is 0. The topological polar surface area (TPSA) is 74.7 Å². The number of nitrogens with zero attached hydrogens (tertiary/aromatic N) is 4. The van der Waals surface area contributed by atoms with Crippen LogP contribution in [0.4, 0.5) is 0 Å². The zero-order chi connectivity index (χ0) is 16.5. The van der Waals surface area contributed by atoms with E-state index in [0.717, 1.165) is 15.4 Å². The number of rotatable bonds is 5. The van der Waals surface area contributed by atoms with E-state index in [4.69, 9.17) is 0 Å². The lowest BCUT2D eigenvalue weighted by Gasteiger charge is -2.05. The molecule has 5 nitrogen and oxygen atoms in total. The Balaban J connectivity index is 1.58. The SMILES string of the molecule is N#C/C(=C(/O)CSc1nccn1C1CC1)c1nc2ccccc2s1. The van der Waals surface area contributed by atoms with Gasteiger partial charge in [0.1, 0.15) is 22.4 Å². The lowest BCUT2D eigenvalue weighted by molar-refractivity contribution is 0.420. The summed E-state index contributed by atoms with van der Waals surface area (Å²) in [5, 5.41) is 21.3. The highest BCUT2D eigenvalue weighted by Crippen LogP contribution is 2.38. The van der Waals surface area contributed by atoms with Gasteiger partial charge in [-0.25, -0.2) is 9.97 Å². The van der Waals surface area contributed by atoms with Crippen molar-refractivity contribution >= 4 is 38.9 Å². The van der Waals surface area contributed by atoms with Crippen LogP contribution in [0.2, 0.25) is 0 Å². The summed E-state index contributed by atoms with van der Waals surface area (Å²) in [5.74, 6) is 0.356. The minimum Gasteiger partial charge on any atom is -0.510 e. The molecule has 4 rings (SSSR count). The molecule has 1 N–H and O–H groups in total. The molecule has 120 valence electrons. The van der Waals surface area contributed by atoms with Gasteiger partial charge in [0.2, 0.25) is 0 Å². The lowest BCUT2D eigenvalue weighted by Crippen LogP contribution is -1.98. The van der Waals surface area contributed by atoms with Gasteiger partial charge in [-0.2, -0.15) is 5.26 Å². The molecule has 2 heterocycles. The Hall–Kier alpha value is -2.30. The molecule has 0 radical (unpaired) electrons. The number of thiazole rings is 1. The molecule has 7 heteroatoms. The number of hydrogen-bond acceptors (Lipinski definition) is 6. The van der Waals surface area contributed by atoms with E-state index in [1.165, 1.54) is 35.9 Å². The second-order valence-electron chi connectivity index (χ2n) is 5.56. The highest BCUT2D eigenvalue weighted by Gasteiger charge is 2.25. The van der Waals surface area contributed by atoms with Crippen molar-refractivity contribution in [3.05, 3.63) is 47.4 Å². The van der Waals surface area contributed by atoms with E-state index in [2.05, 4.69) is 20.6 Å². The molecule has 1 saturated carbocycles. The number of thioether (sulfide) groups is 1. The van der Waals surface area contributed by atoms with Gasteiger partial charge in [-0.15, -0.1) is 11.3 Å². The average molecular weight is 354 g/mol. The van der Waals surface area contributed by atoms with Crippen molar-refractivity contribution in [1.82, 2.24) is 14.5 Å². The number of allylic oxidation sites excluding steroid dienone is 1. The largest absolute Gasteiger partial charge is 0.510 e. The standard InChI is InChI=1S/C17H14N4OS2/c18-9-12(16-20-13-3-1-2-4-15(13)24-16)14(22)10-23-17-19-7-8-21(17)11-5-6-11/h1-4,7-8,11,22H,5-6,10H2/b14-12-. The number of benzene rings is 1. The van der Waals surface area contributed by atoms with E-state index in [9.17, 15) is 10.4 Å². The number of hydrogen-bond donors (Lipinski definition) is 1. The maximum absolute atomic E-state index is 10.4. The molecule has 0 spiro atoms. The van der Waals surface area contributed by atoms with Crippen LogP contribution in [0.1, 0.15) is 23.9 Å². The van der Waals surface area contributed by atoms with Crippen LogP contribution in [0.15, 0.2) is 47.6 Å². The number of imidazole rings is 1. The summed E-state index contributed by atoms with van der Waals surface area (Å²) < 4.78 is 3.15. The van der Waals surface area contributed by atoms with E-state index in [-0.39, 0.29) is 11.3 Å². The molecule has 1 aliphatic rings. The Kier molecular flexibility index (Phi) is 4.00. The van der Waals surface area contributed by atoms with Crippen molar-refractivity contribution in [2.45, 2.75) is 24.0 Å². The molecule has 0 saturated heterocycles. The normalized spacial score (nSPS) is 15.3. The third-order valence-electron chi connectivity index (χ3n) is 3.82. The van der Waals surface area contributed by atoms with E-state index in [1.807, 2.05) is 30.5 Å². The first kappa shape index (κ1) is 15.2. The molecule has 2 aromatic heterocycles. The molecule has 24 heavy (non-hydrogen) atoms. The minimum atomic E-state index is 0.0481. The maximum atomic E-state index is 10.4. The quantitative estimate of drug-likeness (QED) is 0.417. The van der Waals surface area contributed by atoms with E-state index in [0.29, 0.717) is 16.8 Å². The van der Waals surface area contributed by atoms with Gasteiger partial charge in [-0.3, -0.25) is 0 Å². The highest BCUT2D eigenvalue weighted by atomic mass is 32.2. The molecule has 0 bridgehead atoms. The number of aliphatic hydroxyl groups excluding tert-OH is 1. The van der Waals surface area contributed by atoms with E-state index < -0.39 is 0 Å². The molecular formula is C17H14N4OS2. The lowest BCUT2D eigenvalue weighted by atomic mass is 10.2. The summed E-state index contributed by atoms with van der Waals surface area (Å²) in [7, 11) is 0. The van der Waals surface area contributed by atoms with Gasteiger partial charge in [-0.1, -0.05) is 23.9 Å². The summed E-state index contributed by atoms with van der Waals surface area (Å²) in [5.41, 5.74) is 1.09. The van der Waals surface area contributed by atoms with Crippen LogP contribution in [0.5, 0.6) is 0 Å². The monoisotopic (exact) mass is 354 g/mol. The van der Waals surface area contributed by atoms with Crippen LogP contribution in [0.3, 0.4) is 0 Å². The van der Waals surface area contributed by atoms with Crippen molar-refractivity contribution in [3.8, 4) is 6.07 Å². The van der Waals surface area contributed by atoms with Gasteiger partial charge in [0.15, 0.2) is 5.16 Å². The smallest absolute Gasteiger partial charge is 0.168 e. The number of para-hydroxylation sites is 1. The minimum absolute atomic E-state index is 0.0481. The number of fused-ring (bicyclic) bond motifs is 1. The number of aliphatic hydroxyl groups is 1. The molecule has 0 aliphatic heterocycles. The molecular weight excluding hydrogens is 340 g/mol. The van der Waals surface area contributed by atoms with Gasteiger partial charge in [0.25, 0.3) is 0 Å². The third-order valence-corrected chi connectivity index (χ3v) is 5.87. The Labute approximate surface area is 147 Å². The zero-order valence-electron chi connectivity index (χ0n) is 12.7. The van der Waals surface area contributed by atoms with Gasteiger partial charge in [0, 0.05) is 18.4 Å². The van der Waals surface area contributed by atoms with Crippen molar-refractivity contribution in [2.24, 2.45) is 0 Å². The van der Waals surface area contributed by atoms with Gasteiger partial charge in [0.05, 0.1) is 16.0 Å². The Bertz CT molecular complexity index is 929. The van der Waals surface area contributed by atoms with Crippen molar-refractivity contribution in [2.75, 3.05) is 5.75 Å². The predicted molar refractivity (Wildman–Crippen MR) is 96.0 cm³/mol. The Morgan fingerprint density at radius 2 is 2.25 bits per heavy atom. The van der Waals surface area contributed by atoms with Crippen LogP contribution in [-0.4, -0.2) is 25.4 Å². The maximum Gasteiger partial charge on any atom is 0.168 e. The fourth-order valence-electron chi connectivity index (χ4n) is 2.46. The van der Waals surface area contributed by atoms with E-state index in [1.54, 1.807) is 6.20 Å². The van der Waals surface area contributed by atoms with Gasteiger partial charge >= 0.3 is 0 Å². The first-order valence-electron chi connectivity index (χ1n) is 7.60. The summed E-state index contributed by atoms with van der Waals surface area (Å²) in [6.07, 6.45) is 6.11. The highest BCUT2D eigenvalue weighted by molar-refractivity contribution is 7.99. The number of aromatic nitrogens is 3. The van der Waals surface area contributed by atoms with Crippen molar-refractivity contribution < 1.29 is 5.11 Å². The predicted octanol–water partition coefficient (Wildman–Crippen LogP) is 4.41. The second kappa shape index (κ2) is 6.30. The van der Waals surface area contributed by atoms with Crippen LogP contribution in [0.25, 0.3) is 15.8 Å². The summed E-state index contributed by atoms with van der Waals surface area (Å²) >= 11 is 2.86. The third kappa shape index (κ3) is 2.90. The van der Waals surface area contributed by atoms with Crippen LogP contribution >= 0.6 is 23.1 Å². The summed E-state index contributed by atoms with van der Waals surface area (Å²) in [6, 6.07) is 10.4. The molecule has 0 amide bonds. The Morgan fingerprint density at radius 3 is 3.00 bits per heavy atom. The summed E-state index contributed by atoms with van der Waals surface area (Å²) in [4.78, 5) is 8.79. The van der Waals surface area contributed by atoms with Gasteiger partial charge in [-0.05, 0) is 25.0 Å². The molecule has 1 aromatic carbocycles. The molecule has 1 aliphatic carbocycles. The fraction of sp³-hybridized carbons (Fsp3) is 0.235.